The molecule has 0 unspecified atom stereocenters. The van der Waals surface area contributed by atoms with Crippen LogP contribution in [0.5, 0.6) is 0 Å². The highest BCUT2D eigenvalue weighted by molar-refractivity contribution is 5.79. The van der Waals surface area contributed by atoms with E-state index in [0.717, 1.165) is 90.4 Å². The summed E-state index contributed by atoms with van der Waals surface area (Å²) < 4.78 is 17.2. The van der Waals surface area contributed by atoms with Crippen LogP contribution in [0.3, 0.4) is 0 Å². The fourth-order valence-electron chi connectivity index (χ4n) is 7.25. The molecule has 0 radical (unpaired) electrons. The average molecular weight is 768 g/mol. The molecule has 7 nitrogen and oxygen atoms in total. The van der Waals surface area contributed by atoms with Gasteiger partial charge in [0.25, 0.3) is 0 Å². The number of ether oxygens (including phenoxy) is 3. The van der Waals surface area contributed by atoms with Crippen LogP contribution in [0, 0.1) is 0 Å². The third-order valence-corrected chi connectivity index (χ3v) is 10.8. The van der Waals surface area contributed by atoms with Gasteiger partial charge in [-0.05, 0) is 70.9 Å². The second kappa shape index (κ2) is 44.7. The van der Waals surface area contributed by atoms with Gasteiger partial charge in [-0.2, -0.15) is 0 Å². The van der Waals surface area contributed by atoms with Crippen molar-refractivity contribution in [2.75, 3.05) is 52.7 Å². The van der Waals surface area contributed by atoms with Crippen molar-refractivity contribution in [1.82, 2.24) is 4.90 Å². The van der Waals surface area contributed by atoms with Gasteiger partial charge in [0.2, 0.25) is 0 Å². The van der Waals surface area contributed by atoms with Crippen molar-refractivity contribution in [3.63, 3.8) is 0 Å². The van der Waals surface area contributed by atoms with Crippen LogP contribution in [0.15, 0.2) is 0 Å². The van der Waals surface area contributed by atoms with Gasteiger partial charge in [0.15, 0.2) is 5.78 Å². The SMILES string of the molecule is CCCCCCCCCOCC(=O)CCCCCCCN(CCCCCCCC(=O)OC(CCCCCCCC)CCCCCCCC)CCOCCO. The summed E-state index contributed by atoms with van der Waals surface area (Å²) in [4.78, 5) is 27.4. The minimum absolute atomic E-state index is 0.0146. The van der Waals surface area contributed by atoms with E-state index in [4.69, 9.17) is 19.3 Å². The van der Waals surface area contributed by atoms with E-state index in [-0.39, 0.29) is 31.1 Å². The summed E-state index contributed by atoms with van der Waals surface area (Å²) in [6.07, 6.45) is 38.7. The second-order valence-electron chi connectivity index (χ2n) is 16.2. The Kier molecular flexibility index (Phi) is 43.8. The molecule has 0 aromatic carbocycles. The van der Waals surface area contributed by atoms with Gasteiger partial charge in [-0.3, -0.25) is 9.59 Å². The molecule has 0 aliphatic heterocycles. The molecule has 322 valence electrons. The molecule has 0 spiro atoms. The van der Waals surface area contributed by atoms with Crippen LogP contribution < -0.4 is 0 Å². The van der Waals surface area contributed by atoms with Crippen molar-refractivity contribution in [1.29, 1.82) is 0 Å². The minimum Gasteiger partial charge on any atom is -0.462 e. The second-order valence-corrected chi connectivity index (χ2v) is 16.2. The first-order chi connectivity index (χ1) is 26.6. The van der Waals surface area contributed by atoms with E-state index in [9.17, 15) is 9.59 Å². The first-order valence-electron chi connectivity index (χ1n) is 23.8. The van der Waals surface area contributed by atoms with Crippen LogP contribution in [-0.2, 0) is 23.8 Å². The van der Waals surface area contributed by atoms with E-state index in [2.05, 4.69) is 25.7 Å². The Morgan fingerprint density at radius 2 is 0.907 bits per heavy atom. The van der Waals surface area contributed by atoms with Crippen molar-refractivity contribution in [3.05, 3.63) is 0 Å². The Labute approximate surface area is 336 Å². The monoisotopic (exact) mass is 768 g/mol. The lowest BCUT2D eigenvalue weighted by atomic mass is 10.0. The van der Waals surface area contributed by atoms with Gasteiger partial charge in [0.1, 0.15) is 12.7 Å². The first-order valence-corrected chi connectivity index (χ1v) is 23.8. The van der Waals surface area contributed by atoms with Crippen LogP contribution in [0.1, 0.15) is 233 Å². The predicted molar refractivity (Wildman–Crippen MR) is 229 cm³/mol. The summed E-state index contributed by atoms with van der Waals surface area (Å²) in [7, 11) is 0. The number of Topliss-reactive ketones (excluding diaryl/α,β-unsaturated/α-hetero) is 1. The summed E-state index contributed by atoms with van der Waals surface area (Å²) in [5.41, 5.74) is 0. The molecule has 0 atom stereocenters. The van der Waals surface area contributed by atoms with Crippen LogP contribution >= 0.6 is 0 Å². The van der Waals surface area contributed by atoms with E-state index < -0.39 is 0 Å². The molecular weight excluding hydrogens is 675 g/mol. The molecule has 0 saturated carbocycles. The molecular formula is C47H93NO6. The molecule has 0 fully saturated rings. The third-order valence-electron chi connectivity index (χ3n) is 10.8. The lowest BCUT2D eigenvalue weighted by Gasteiger charge is -2.22. The van der Waals surface area contributed by atoms with Crippen molar-refractivity contribution in [3.8, 4) is 0 Å². The number of rotatable bonds is 46. The average Bonchev–Trinajstić information content (AvgIpc) is 3.17. The van der Waals surface area contributed by atoms with Crippen molar-refractivity contribution in [2.24, 2.45) is 0 Å². The fraction of sp³-hybridized carbons (Fsp3) is 0.957. The summed E-state index contributed by atoms with van der Waals surface area (Å²) >= 11 is 0. The van der Waals surface area contributed by atoms with E-state index in [1.54, 1.807) is 0 Å². The number of hydrogen-bond donors (Lipinski definition) is 1. The van der Waals surface area contributed by atoms with Gasteiger partial charge < -0.3 is 24.2 Å². The lowest BCUT2D eigenvalue weighted by Crippen LogP contribution is -2.30. The maximum absolute atomic E-state index is 12.8. The maximum atomic E-state index is 12.8. The molecule has 54 heavy (non-hydrogen) atoms. The van der Waals surface area contributed by atoms with E-state index >= 15 is 0 Å². The van der Waals surface area contributed by atoms with E-state index in [0.29, 0.717) is 26.1 Å². The zero-order valence-electron chi connectivity index (χ0n) is 36.5. The summed E-state index contributed by atoms with van der Waals surface area (Å²) in [5.74, 6) is 0.263. The van der Waals surface area contributed by atoms with Crippen LogP contribution in [0.4, 0.5) is 0 Å². The number of aliphatic hydroxyl groups excluding tert-OH is 1. The van der Waals surface area contributed by atoms with Crippen molar-refractivity contribution >= 4 is 11.8 Å². The third kappa shape index (κ3) is 40.6. The molecule has 0 aromatic rings. The maximum Gasteiger partial charge on any atom is 0.306 e. The number of carbonyl (C=O) groups is 2. The van der Waals surface area contributed by atoms with Gasteiger partial charge >= 0.3 is 5.97 Å². The van der Waals surface area contributed by atoms with Crippen molar-refractivity contribution < 1.29 is 28.9 Å². The number of aliphatic hydroxyl groups is 1. The minimum atomic E-state index is 0.0146. The Morgan fingerprint density at radius 3 is 1.43 bits per heavy atom. The first kappa shape index (κ1) is 53.0. The van der Waals surface area contributed by atoms with Gasteiger partial charge in [-0.1, -0.05) is 162 Å². The summed E-state index contributed by atoms with van der Waals surface area (Å²) in [6.45, 7) is 11.9. The highest BCUT2D eigenvalue weighted by Gasteiger charge is 2.14. The number of esters is 1. The van der Waals surface area contributed by atoms with Crippen LogP contribution in [0.25, 0.3) is 0 Å². The predicted octanol–water partition coefficient (Wildman–Crippen LogP) is 12.7. The molecule has 0 aromatic heterocycles. The highest BCUT2D eigenvalue weighted by Crippen LogP contribution is 2.18. The molecule has 0 rings (SSSR count). The van der Waals surface area contributed by atoms with Crippen molar-refractivity contribution in [2.45, 2.75) is 239 Å². The van der Waals surface area contributed by atoms with Gasteiger partial charge in [-0.25, -0.2) is 0 Å². The fourth-order valence-corrected chi connectivity index (χ4v) is 7.25. The largest absolute Gasteiger partial charge is 0.462 e. The molecule has 1 N–H and O–H groups in total. The molecule has 0 aliphatic carbocycles. The standard InChI is InChI=1S/C47H93NO6/c1-4-7-10-13-16-25-32-41-53-44-45(50)33-26-19-17-23-30-37-48(39-42-52-43-40-49)38-31-24-18-22-29-36-47(51)54-46(34-27-20-14-11-8-5-2)35-28-21-15-12-9-6-3/h46,49H,4-44H2,1-3H3. The zero-order chi connectivity index (χ0) is 39.4. The summed E-state index contributed by atoms with van der Waals surface area (Å²) in [5, 5.41) is 9.07. The molecule has 7 heteroatoms. The number of hydrogen-bond acceptors (Lipinski definition) is 7. The quantitative estimate of drug-likeness (QED) is 0.0487. The Hall–Kier alpha value is -1.02. The van der Waals surface area contributed by atoms with Gasteiger partial charge in [0.05, 0.1) is 19.8 Å². The number of ketones is 1. The van der Waals surface area contributed by atoms with Crippen LogP contribution in [0.2, 0.25) is 0 Å². The number of unbranched alkanes of at least 4 members (excludes halogenated alkanes) is 24. The van der Waals surface area contributed by atoms with Gasteiger partial charge in [-0.15, -0.1) is 0 Å². The smallest absolute Gasteiger partial charge is 0.306 e. The Morgan fingerprint density at radius 1 is 0.463 bits per heavy atom. The molecule has 0 saturated heterocycles. The van der Waals surface area contributed by atoms with E-state index in [1.165, 1.54) is 135 Å². The Bertz CT molecular complexity index is 749. The van der Waals surface area contributed by atoms with Gasteiger partial charge in [0, 0.05) is 26.0 Å². The molecule has 0 amide bonds. The lowest BCUT2D eigenvalue weighted by molar-refractivity contribution is -0.150. The number of nitrogens with zero attached hydrogens (tertiary/aromatic N) is 1. The summed E-state index contributed by atoms with van der Waals surface area (Å²) in [6, 6.07) is 0. The molecule has 0 aliphatic rings. The highest BCUT2D eigenvalue weighted by atomic mass is 16.5. The van der Waals surface area contributed by atoms with E-state index in [1.807, 2.05) is 0 Å². The Balaban J connectivity index is 4.14. The molecule has 0 bridgehead atoms. The zero-order valence-corrected chi connectivity index (χ0v) is 36.5. The van der Waals surface area contributed by atoms with Crippen LogP contribution in [-0.4, -0.2) is 80.5 Å². The topological polar surface area (TPSA) is 85.3 Å². The normalized spacial score (nSPS) is 11.7. The molecule has 0 heterocycles. The number of carbonyl (C=O) groups excluding carboxylic acids is 2.